The smallest absolute Gasteiger partial charge is 0.232 e. The fraction of sp³-hybridized carbons (Fsp3) is 0.304. The second-order valence-electron chi connectivity index (χ2n) is 7.24. The highest BCUT2D eigenvalue weighted by atomic mass is 35.5. The Kier molecular flexibility index (Phi) is 5.07. The molecule has 1 heterocycles. The zero-order valence-electron chi connectivity index (χ0n) is 15.7. The van der Waals surface area contributed by atoms with E-state index in [1.54, 1.807) is 11.0 Å². The topological polar surface area (TPSA) is 37.4 Å². The second kappa shape index (κ2) is 7.51. The van der Waals surface area contributed by atoms with E-state index < -0.39 is 11.7 Å². The van der Waals surface area contributed by atoms with Crippen LogP contribution in [-0.4, -0.2) is 11.7 Å². The number of hydrogen-bond acceptors (Lipinski definition) is 2. The molecule has 0 saturated heterocycles. The second-order valence-corrected chi connectivity index (χ2v) is 7.65. The monoisotopic (exact) mass is 397 g/mol. The minimum Gasteiger partial charge on any atom is -0.294 e. The van der Waals surface area contributed by atoms with Gasteiger partial charge in [0.2, 0.25) is 5.91 Å². The summed E-state index contributed by atoms with van der Waals surface area (Å²) in [5.41, 5.74) is 3.36. The molecule has 0 spiro atoms. The van der Waals surface area contributed by atoms with Crippen molar-refractivity contribution < 1.29 is 14.0 Å². The molecule has 5 heteroatoms. The number of halogens is 2. The minimum atomic E-state index is -0.631. The van der Waals surface area contributed by atoms with Gasteiger partial charge in [0, 0.05) is 40.6 Å². The van der Waals surface area contributed by atoms with E-state index in [1.807, 2.05) is 31.2 Å². The number of carbonyl (C=O) groups is 2. The van der Waals surface area contributed by atoms with Crippen LogP contribution in [0.15, 0.2) is 53.7 Å². The summed E-state index contributed by atoms with van der Waals surface area (Å²) < 4.78 is 14.6. The standard InChI is InChI=1S/C23H21ClFNO2/c1-2-14-7-3-4-10-18(14)26-19-11-6-12-20(27)23(19)15(13-21(26)28)22-16(24)8-5-9-17(22)25/h3-5,7-10,15H,2,6,11-13H2,1H3. The molecule has 0 bridgehead atoms. The van der Waals surface area contributed by atoms with Crippen LogP contribution in [0.4, 0.5) is 10.1 Å². The first kappa shape index (κ1) is 18.9. The first-order valence-electron chi connectivity index (χ1n) is 9.64. The molecule has 1 aliphatic carbocycles. The fourth-order valence-electron chi connectivity index (χ4n) is 4.39. The number of anilines is 1. The molecule has 3 nitrogen and oxygen atoms in total. The Morgan fingerprint density at radius 3 is 2.64 bits per heavy atom. The zero-order chi connectivity index (χ0) is 19.8. The van der Waals surface area contributed by atoms with Crippen molar-refractivity contribution >= 4 is 29.0 Å². The van der Waals surface area contributed by atoms with Gasteiger partial charge in [0.1, 0.15) is 5.82 Å². The van der Waals surface area contributed by atoms with Crippen LogP contribution in [0.2, 0.25) is 5.02 Å². The van der Waals surface area contributed by atoms with E-state index in [-0.39, 0.29) is 28.7 Å². The predicted molar refractivity (Wildman–Crippen MR) is 108 cm³/mol. The van der Waals surface area contributed by atoms with E-state index in [9.17, 15) is 14.0 Å². The molecule has 0 saturated carbocycles. The molecule has 2 aromatic carbocycles. The van der Waals surface area contributed by atoms with Crippen molar-refractivity contribution in [2.45, 2.75) is 44.9 Å². The van der Waals surface area contributed by atoms with Crippen LogP contribution in [0, 0.1) is 5.82 Å². The molecule has 4 rings (SSSR count). The quantitative estimate of drug-likeness (QED) is 0.679. The Labute approximate surface area is 168 Å². The minimum absolute atomic E-state index is 0.0166. The van der Waals surface area contributed by atoms with E-state index in [2.05, 4.69) is 0 Å². The maximum Gasteiger partial charge on any atom is 0.232 e. The van der Waals surface area contributed by atoms with Gasteiger partial charge < -0.3 is 0 Å². The summed E-state index contributed by atoms with van der Waals surface area (Å²) >= 11 is 6.29. The Morgan fingerprint density at radius 1 is 1.11 bits per heavy atom. The number of carbonyl (C=O) groups excluding carboxylic acids is 2. The van der Waals surface area contributed by atoms with Gasteiger partial charge in [-0.05, 0) is 43.0 Å². The zero-order valence-corrected chi connectivity index (χ0v) is 16.4. The third-order valence-electron chi connectivity index (χ3n) is 5.64. The predicted octanol–water partition coefficient (Wildman–Crippen LogP) is 5.57. The van der Waals surface area contributed by atoms with Gasteiger partial charge in [0.25, 0.3) is 0 Å². The average Bonchev–Trinajstić information content (AvgIpc) is 2.68. The maximum absolute atomic E-state index is 14.6. The Balaban J connectivity index is 1.93. The molecule has 28 heavy (non-hydrogen) atoms. The lowest BCUT2D eigenvalue weighted by Gasteiger charge is -2.39. The normalized spacial score (nSPS) is 19.8. The van der Waals surface area contributed by atoms with E-state index in [4.69, 9.17) is 11.6 Å². The van der Waals surface area contributed by atoms with Crippen molar-refractivity contribution in [3.8, 4) is 0 Å². The van der Waals surface area contributed by atoms with E-state index in [1.165, 1.54) is 12.1 Å². The number of Topliss-reactive ketones (excluding diaryl/α,β-unsaturated/α-hetero) is 1. The molecule has 1 unspecified atom stereocenters. The van der Waals surface area contributed by atoms with E-state index in [0.717, 1.165) is 17.7 Å². The van der Waals surface area contributed by atoms with Gasteiger partial charge >= 0.3 is 0 Å². The van der Waals surface area contributed by atoms with Crippen molar-refractivity contribution in [1.82, 2.24) is 0 Å². The van der Waals surface area contributed by atoms with Gasteiger partial charge in [0.15, 0.2) is 5.78 Å². The number of allylic oxidation sites excluding steroid dienone is 2. The number of hydrogen-bond donors (Lipinski definition) is 0. The summed E-state index contributed by atoms with van der Waals surface area (Å²) in [7, 11) is 0. The number of amides is 1. The van der Waals surface area contributed by atoms with Crippen molar-refractivity contribution in [2.24, 2.45) is 0 Å². The third-order valence-corrected chi connectivity index (χ3v) is 5.97. The highest BCUT2D eigenvalue weighted by molar-refractivity contribution is 6.31. The first-order chi connectivity index (χ1) is 13.5. The van der Waals surface area contributed by atoms with Crippen molar-refractivity contribution in [1.29, 1.82) is 0 Å². The van der Waals surface area contributed by atoms with Crippen LogP contribution in [0.3, 0.4) is 0 Å². The summed E-state index contributed by atoms with van der Waals surface area (Å²) in [5.74, 6) is -1.25. The largest absolute Gasteiger partial charge is 0.294 e. The third kappa shape index (κ3) is 3.06. The number of ketones is 1. The van der Waals surface area contributed by atoms with Gasteiger partial charge in [-0.15, -0.1) is 0 Å². The molecule has 1 aliphatic heterocycles. The molecule has 1 atom stereocenters. The maximum atomic E-state index is 14.6. The number of rotatable bonds is 3. The molecular weight excluding hydrogens is 377 g/mol. The van der Waals surface area contributed by atoms with Crippen LogP contribution in [0.25, 0.3) is 0 Å². The molecule has 0 radical (unpaired) electrons. The van der Waals surface area contributed by atoms with Gasteiger partial charge in [-0.25, -0.2) is 4.39 Å². The summed E-state index contributed by atoms with van der Waals surface area (Å²) in [5, 5.41) is 0.255. The van der Waals surface area contributed by atoms with Crippen LogP contribution >= 0.6 is 11.6 Å². The summed E-state index contributed by atoms with van der Waals surface area (Å²) in [6.07, 6.45) is 2.53. The highest BCUT2D eigenvalue weighted by Crippen LogP contribution is 2.46. The Hall–Kier alpha value is -2.46. The van der Waals surface area contributed by atoms with Crippen molar-refractivity contribution in [3.63, 3.8) is 0 Å². The van der Waals surface area contributed by atoms with E-state index >= 15 is 0 Å². The molecule has 2 aromatic rings. The number of benzene rings is 2. The summed E-state index contributed by atoms with van der Waals surface area (Å²) in [6, 6.07) is 12.2. The highest BCUT2D eigenvalue weighted by Gasteiger charge is 2.41. The SMILES string of the molecule is CCc1ccccc1N1C(=O)CC(c2c(F)cccc2Cl)C2=C1CCCC2=O. The Morgan fingerprint density at radius 2 is 1.89 bits per heavy atom. The summed E-state index contributed by atoms with van der Waals surface area (Å²) in [6.45, 7) is 2.04. The molecule has 0 aromatic heterocycles. The molecule has 2 aliphatic rings. The lowest BCUT2D eigenvalue weighted by atomic mass is 9.76. The van der Waals surface area contributed by atoms with Crippen LogP contribution in [0.1, 0.15) is 49.7 Å². The van der Waals surface area contributed by atoms with E-state index in [0.29, 0.717) is 30.5 Å². The van der Waals surface area contributed by atoms with Gasteiger partial charge in [-0.2, -0.15) is 0 Å². The Bertz CT molecular complexity index is 978. The van der Waals surface area contributed by atoms with Gasteiger partial charge in [-0.1, -0.05) is 42.8 Å². The van der Waals surface area contributed by atoms with Crippen LogP contribution in [-0.2, 0) is 16.0 Å². The lowest BCUT2D eigenvalue weighted by molar-refractivity contribution is -0.119. The molecule has 1 amide bonds. The first-order valence-corrected chi connectivity index (χ1v) is 10.0. The van der Waals surface area contributed by atoms with Crippen molar-refractivity contribution in [3.05, 3.63) is 75.7 Å². The van der Waals surface area contributed by atoms with Crippen molar-refractivity contribution in [2.75, 3.05) is 4.90 Å². The van der Waals surface area contributed by atoms with Crippen LogP contribution in [0.5, 0.6) is 0 Å². The lowest BCUT2D eigenvalue weighted by Crippen LogP contribution is -2.41. The average molecular weight is 398 g/mol. The number of nitrogens with zero attached hydrogens (tertiary/aromatic N) is 1. The fourth-order valence-corrected chi connectivity index (χ4v) is 4.69. The van der Waals surface area contributed by atoms with Crippen LogP contribution < -0.4 is 4.90 Å². The molecule has 144 valence electrons. The molecule has 0 N–H and O–H groups in total. The molecule has 0 fully saturated rings. The molecular formula is C23H21ClFNO2. The number of para-hydroxylation sites is 1. The number of aryl methyl sites for hydroxylation is 1. The van der Waals surface area contributed by atoms with Gasteiger partial charge in [0.05, 0.1) is 5.69 Å². The summed E-state index contributed by atoms with van der Waals surface area (Å²) in [4.78, 5) is 27.8. The van der Waals surface area contributed by atoms with Gasteiger partial charge in [-0.3, -0.25) is 14.5 Å².